The maximum absolute atomic E-state index is 7.30. The van der Waals surface area contributed by atoms with Gasteiger partial charge in [-0.1, -0.05) is 0 Å². The summed E-state index contributed by atoms with van der Waals surface area (Å²) in [6.07, 6.45) is 0. The molecule has 0 bridgehead atoms. The molecule has 0 amide bonds. The molecule has 74 N–H and O–H groups in total. The van der Waals surface area contributed by atoms with Gasteiger partial charge >= 0.3 is 8.17 Å². The van der Waals surface area contributed by atoms with Gasteiger partial charge in [-0.05, 0) is 0 Å². The first-order chi connectivity index (χ1) is 2.00. The summed E-state index contributed by atoms with van der Waals surface area (Å²) in [6, 6.07) is 0. The third-order valence-corrected chi connectivity index (χ3v) is 0. The topological polar surface area (TPSA) is 1180 Å². The molecule has 0 rings (SSSR count). The van der Waals surface area contributed by atoms with Gasteiger partial charge in [-0.25, -0.2) is 0 Å². The summed E-state index contributed by atoms with van der Waals surface area (Å²) in [5.74, 6) is 0. The van der Waals surface area contributed by atoms with Crippen LogP contribution in [0.15, 0.2) is 0 Å². The average Bonchev–Trinajstić information content (AvgIpc) is 0.722. The van der Waals surface area contributed by atoms with Crippen LogP contribution in [0.25, 0.3) is 0 Å². The van der Waals surface area contributed by atoms with E-state index in [0.717, 1.165) is 0 Å². The molecule has 0 fully saturated rings. The SMILES string of the molecule is O.O.O.O.O.O.O.O.O.O.O.O.O.O.O.O.O.O.O.O.O.O.O.O.O.O.O.O.O.O.O.O.O.O.O.O[P+](O)(O)O.[W].[W].[W].[W].[W].[W].[W].[W].[W].[W].[W].[Zr]. The number of rotatable bonds is 0. The van der Waals surface area contributed by atoms with E-state index in [4.69, 9.17) is 19.6 Å². The Morgan fingerprint density at radius 2 is 0.135 bits per heavy atom. The van der Waals surface area contributed by atoms with E-state index < -0.39 is 8.17 Å². The molecule has 0 aromatic rings. The summed E-state index contributed by atoms with van der Waals surface area (Å²) >= 11 is 0. The van der Waals surface area contributed by atoms with Crippen LogP contribution in [0.2, 0.25) is 0 Å². The van der Waals surface area contributed by atoms with Crippen LogP contribution in [0.3, 0.4) is 0 Å². The van der Waals surface area contributed by atoms with Gasteiger partial charge < -0.3 is 192 Å². The van der Waals surface area contributed by atoms with Crippen LogP contribution in [-0.4, -0.2) is 211 Å². The van der Waals surface area contributed by atoms with Gasteiger partial charge in [-0.2, -0.15) is 19.6 Å². The maximum Gasteiger partial charge on any atom is 0.564 e. The van der Waals surface area contributed by atoms with Crippen molar-refractivity contribution in [3.63, 3.8) is 0 Å². The maximum atomic E-state index is 7.30. The van der Waals surface area contributed by atoms with Crippen molar-refractivity contribution in [2.75, 3.05) is 0 Å². The predicted molar refractivity (Wildman–Crippen MR) is 142 cm³/mol. The first-order valence-corrected chi connectivity index (χ1v) is 2.40. The van der Waals surface area contributed by atoms with Crippen molar-refractivity contribution in [2.45, 2.75) is 0 Å². The Morgan fingerprint density at radius 1 is 0.135 bits per heavy atom. The molecule has 382 valence electrons. The van der Waals surface area contributed by atoms with Crippen molar-refractivity contribution >= 4 is 8.17 Å². The van der Waals surface area contributed by atoms with Crippen molar-refractivity contribution in [3.05, 3.63) is 0 Å². The zero-order chi connectivity index (χ0) is 4.50. The summed E-state index contributed by atoms with van der Waals surface area (Å²) in [4.78, 5) is 29.2. The van der Waals surface area contributed by atoms with Gasteiger partial charge in [0.2, 0.25) is 0 Å². The second kappa shape index (κ2) is 1080. The van der Waals surface area contributed by atoms with E-state index in [0.29, 0.717) is 0 Å². The molecule has 0 aliphatic rings. The molecule has 52 heavy (non-hydrogen) atoms. The molecule has 0 atom stereocenters. The minimum atomic E-state index is -4.39. The molecular weight excluding hydrogens is 2770 g/mol. The standard InChI is InChI=1S/H4O4P.35H2O.11W.Zr/c1-5(2,3)4;;;;;;;;;;;;;;;;;;;;;;;;;;;;;;;;;;;;;;;;;;;;;;;/h1-4H;35*1H2;;;;;;;;;;;;/q+1;;;;;;;;;;;;;;;;;;;;;;;;;;;;;;;;;;;;;;;;;;;;;;;. The van der Waals surface area contributed by atoms with Gasteiger partial charge in [-0.3, -0.25) is 0 Å². The van der Waals surface area contributed by atoms with Crippen LogP contribution in [0.5, 0.6) is 0 Å². The van der Waals surface area contributed by atoms with E-state index in [2.05, 4.69) is 0 Å². The van der Waals surface area contributed by atoms with Crippen LogP contribution < -0.4 is 0 Å². The van der Waals surface area contributed by atoms with Crippen molar-refractivity contribution in [1.82, 2.24) is 0 Å². The Labute approximate surface area is 470 Å². The Hall–Kier alpha value is 7.32. The minimum absolute atomic E-state index is 0. The molecule has 0 unspecified atom stereocenters. The van der Waals surface area contributed by atoms with Gasteiger partial charge in [0.1, 0.15) is 0 Å². The van der Waals surface area contributed by atoms with E-state index in [1.807, 2.05) is 0 Å². The zero-order valence-electron chi connectivity index (χ0n) is 24.7. The quantitative estimate of drug-likeness (QED) is 0.172. The summed E-state index contributed by atoms with van der Waals surface area (Å²) in [7, 11) is -4.39. The fourth-order valence-corrected chi connectivity index (χ4v) is 0. The number of hydrogen-bond donors (Lipinski definition) is 4. The van der Waals surface area contributed by atoms with E-state index in [-0.39, 0.29) is 450 Å². The summed E-state index contributed by atoms with van der Waals surface area (Å²) in [6.45, 7) is 0. The van der Waals surface area contributed by atoms with Crippen molar-refractivity contribution in [2.24, 2.45) is 0 Å². The van der Waals surface area contributed by atoms with E-state index >= 15 is 0 Å². The molecule has 0 aliphatic heterocycles. The third kappa shape index (κ3) is 3390. The van der Waals surface area contributed by atoms with E-state index in [1.54, 1.807) is 0 Å². The van der Waals surface area contributed by atoms with Gasteiger partial charge in [0.05, 0.1) is 0 Å². The normalized spacial score (nSPS) is 1.15. The monoisotopic (exact) mass is 2840 g/mol. The fraction of sp³-hybridized carbons (Fsp3) is 0. The fourth-order valence-electron chi connectivity index (χ4n) is 0. The summed E-state index contributed by atoms with van der Waals surface area (Å²) in [5, 5.41) is 0. The van der Waals surface area contributed by atoms with Crippen LogP contribution >= 0.6 is 8.17 Å². The second-order valence-corrected chi connectivity index (χ2v) is 1.61. The molecule has 0 spiro atoms. The third-order valence-electron chi connectivity index (χ3n) is 0. The molecule has 0 aliphatic carbocycles. The summed E-state index contributed by atoms with van der Waals surface area (Å²) in [5.41, 5.74) is 0. The molecule has 0 heterocycles. The first kappa shape index (κ1) is 1570. The molecule has 0 saturated carbocycles. The van der Waals surface area contributed by atoms with Gasteiger partial charge in [0.25, 0.3) is 0 Å². The van der Waals surface area contributed by atoms with Gasteiger partial charge in [0.15, 0.2) is 0 Å². The zero-order valence-corrected chi connectivity index (χ0v) is 60.3. The molecule has 39 nitrogen and oxygen atoms in total. The van der Waals surface area contributed by atoms with Gasteiger partial charge in [-0.15, -0.1) is 0 Å². The predicted octanol–water partition coefficient (Wildman–Crippen LogP) is -30.3. The molecule has 0 radical (unpaired) electrons. The van der Waals surface area contributed by atoms with Gasteiger partial charge in [0, 0.05) is 258 Å². The number of hydrogen-bond acceptors (Lipinski definition) is 4. The van der Waals surface area contributed by atoms with Crippen molar-refractivity contribution < 1.29 is 469 Å². The van der Waals surface area contributed by atoms with Crippen molar-refractivity contribution in [3.8, 4) is 0 Å². The van der Waals surface area contributed by atoms with Crippen LogP contribution in [0.4, 0.5) is 0 Å². The Morgan fingerprint density at radius 3 is 0.135 bits per heavy atom. The largest absolute Gasteiger partial charge is 0.564 e. The van der Waals surface area contributed by atoms with Crippen LogP contribution in [0, 0.1) is 0 Å². The molecule has 52 heteroatoms. The molecule has 0 aromatic heterocycles. The van der Waals surface area contributed by atoms with Crippen molar-refractivity contribution in [1.29, 1.82) is 0 Å². The first-order valence-electron chi connectivity index (χ1n) is 0.800. The van der Waals surface area contributed by atoms with Crippen LogP contribution in [-0.2, 0) is 258 Å². The molecular formula is H74O39PW11Zr+. The van der Waals surface area contributed by atoms with Crippen LogP contribution in [0.1, 0.15) is 0 Å². The minimum Gasteiger partial charge on any atom is -0.412 e. The Balaban J connectivity index is -0.0000000000740. The van der Waals surface area contributed by atoms with E-state index in [1.165, 1.54) is 0 Å². The van der Waals surface area contributed by atoms with E-state index in [9.17, 15) is 0 Å². The summed E-state index contributed by atoms with van der Waals surface area (Å²) < 4.78 is 0. The molecule has 0 saturated heterocycles. The average molecular weight is 2840 g/mol. The Kier molecular flexibility index (Phi) is 32700. The Bertz CT molecular complexity index is 67.7. The smallest absolute Gasteiger partial charge is 0.412 e. The second-order valence-electron chi connectivity index (χ2n) is 0.537. The molecule has 0 aromatic carbocycles.